The molecule has 0 N–H and O–H groups in total. The first-order valence-electron chi connectivity index (χ1n) is 26.0. The Bertz CT molecular complexity index is 4380. The van der Waals surface area contributed by atoms with Gasteiger partial charge in [0, 0.05) is 47.8 Å². The number of fused-ring (bicyclic) bond motifs is 8. The van der Waals surface area contributed by atoms with E-state index < -0.39 is 130 Å². The van der Waals surface area contributed by atoms with Gasteiger partial charge in [-0.2, -0.15) is 0 Å². The summed E-state index contributed by atoms with van der Waals surface area (Å²) in [4.78, 5) is 121. The summed E-state index contributed by atoms with van der Waals surface area (Å²) >= 11 is 3.09. The monoisotopic (exact) mass is 1190 g/mol. The molecular weight excluding hydrogens is 1160 g/mol. The van der Waals surface area contributed by atoms with E-state index in [0.29, 0.717) is 65.5 Å². The number of thiophene rings is 3. The van der Waals surface area contributed by atoms with Crippen LogP contribution in [0.3, 0.4) is 0 Å². The topological polar surface area (TPSA) is 173 Å². The summed E-state index contributed by atoms with van der Waals surface area (Å²) in [6.07, 6.45) is 3.35. The lowest BCUT2D eigenvalue weighted by molar-refractivity contribution is -0.167. The van der Waals surface area contributed by atoms with Crippen LogP contribution in [0.15, 0.2) is 186 Å². The molecule has 4 aliphatic rings. The second-order valence-corrected chi connectivity index (χ2v) is 23.3. The van der Waals surface area contributed by atoms with Gasteiger partial charge in [-0.05, 0) is 75.9 Å². The molecule has 0 fully saturated rings. The minimum Gasteiger partial charge on any atom is -0.459 e. The number of allylic oxidation sites excluding steroid dienone is 4. The smallest absolute Gasteiger partial charge is 0.333 e. The highest BCUT2D eigenvalue weighted by molar-refractivity contribution is 7.39. The molecule has 0 unspecified atom stereocenters. The van der Waals surface area contributed by atoms with E-state index in [-0.39, 0.29) is 43.0 Å². The van der Waals surface area contributed by atoms with E-state index >= 15 is 19.2 Å². The Balaban J connectivity index is 1.07. The fourth-order valence-corrected chi connectivity index (χ4v) is 15.5. The van der Waals surface area contributed by atoms with Crippen molar-refractivity contribution in [2.45, 2.75) is 31.8 Å². The molecule has 9 aromatic rings. The number of benzene rings is 6. The van der Waals surface area contributed by atoms with Crippen LogP contribution < -0.4 is 0 Å². The Hall–Kier alpha value is -9.82. The molecule has 418 valence electrons. The molecule has 0 atom stereocenters. The number of carbonyl (C=O) groups excluding carboxylic acids is 8. The summed E-state index contributed by atoms with van der Waals surface area (Å²) < 4.78 is 84.9. The minimum atomic E-state index is -2.97. The summed E-state index contributed by atoms with van der Waals surface area (Å²) in [6.45, 7) is -1.80. The number of ether oxygens (including phenoxy) is 4. The lowest BCUT2D eigenvalue weighted by atomic mass is 9.75. The van der Waals surface area contributed by atoms with Crippen LogP contribution in [0.4, 0.5) is 17.6 Å². The lowest BCUT2D eigenvalue weighted by Crippen LogP contribution is -2.46. The molecule has 85 heavy (non-hydrogen) atoms. The van der Waals surface area contributed by atoms with Crippen LogP contribution in [0.1, 0.15) is 79.0 Å². The first kappa shape index (κ1) is 54.4. The van der Waals surface area contributed by atoms with Crippen LogP contribution in [0, 0.1) is 28.7 Å². The van der Waals surface area contributed by atoms with Crippen molar-refractivity contribution in [3.8, 4) is 0 Å². The molecule has 3 aromatic heterocycles. The van der Waals surface area contributed by atoms with Crippen LogP contribution >= 0.6 is 34.0 Å². The highest BCUT2D eigenvalue weighted by atomic mass is 32.1. The van der Waals surface area contributed by atoms with E-state index in [1.54, 1.807) is 127 Å². The number of esters is 4. The lowest BCUT2D eigenvalue weighted by Gasteiger charge is -2.30. The number of carbonyl (C=O) groups is 8. The van der Waals surface area contributed by atoms with Crippen molar-refractivity contribution < 1.29 is 74.9 Å². The van der Waals surface area contributed by atoms with Crippen molar-refractivity contribution >= 4 is 111 Å². The molecule has 0 aliphatic heterocycles. The third kappa shape index (κ3) is 8.75. The normalized spacial score (nSPS) is 15.2. The predicted octanol–water partition coefficient (Wildman–Crippen LogP) is 13.1. The Morgan fingerprint density at radius 2 is 0.788 bits per heavy atom. The molecule has 4 aliphatic carbocycles. The molecule has 0 spiro atoms. The first-order valence-corrected chi connectivity index (χ1v) is 28.5. The van der Waals surface area contributed by atoms with Gasteiger partial charge in [-0.1, -0.05) is 127 Å². The van der Waals surface area contributed by atoms with Gasteiger partial charge in [0.15, 0.2) is 46.4 Å². The van der Waals surface area contributed by atoms with Crippen molar-refractivity contribution in [1.82, 2.24) is 0 Å². The fraction of sp³-hybridized carbons (Fsp3) is 0.0909. The molecule has 19 heteroatoms. The highest BCUT2D eigenvalue weighted by Crippen LogP contribution is 2.67. The van der Waals surface area contributed by atoms with Gasteiger partial charge in [0.05, 0.1) is 25.2 Å². The first-order chi connectivity index (χ1) is 41.1. The van der Waals surface area contributed by atoms with Crippen molar-refractivity contribution in [3.63, 3.8) is 0 Å². The molecular formula is C66H36F4O12S3. The minimum absolute atomic E-state index is 0.0325. The quantitative estimate of drug-likeness (QED) is 0.0252. The molecule has 0 saturated heterocycles. The van der Waals surface area contributed by atoms with E-state index in [1.807, 2.05) is 0 Å². The van der Waals surface area contributed by atoms with Gasteiger partial charge in [-0.15, -0.1) is 34.0 Å². The summed E-state index contributed by atoms with van der Waals surface area (Å²) in [7, 11) is 0. The zero-order valence-electron chi connectivity index (χ0n) is 43.6. The Labute approximate surface area is 490 Å². The molecule has 0 radical (unpaired) electrons. The van der Waals surface area contributed by atoms with Crippen molar-refractivity contribution in [2.75, 3.05) is 0 Å². The van der Waals surface area contributed by atoms with Gasteiger partial charge in [-0.25, -0.2) is 17.6 Å². The molecule has 0 saturated carbocycles. The van der Waals surface area contributed by atoms with Gasteiger partial charge in [0.25, 0.3) is 0 Å². The number of hydrogen-bond acceptors (Lipinski definition) is 15. The van der Waals surface area contributed by atoms with Gasteiger partial charge >= 0.3 is 23.9 Å². The van der Waals surface area contributed by atoms with E-state index in [2.05, 4.69) is 0 Å². The summed E-state index contributed by atoms with van der Waals surface area (Å²) in [5, 5.41) is 0. The van der Waals surface area contributed by atoms with Crippen LogP contribution in [0.25, 0.3) is 30.4 Å². The highest BCUT2D eigenvalue weighted by Gasteiger charge is 2.70. The van der Waals surface area contributed by atoms with E-state index in [0.717, 1.165) is 46.2 Å². The Morgan fingerprint density at radius 1 is 0.424 bits per heavy atom. The molecule has 3 heterocycles. The van der Waals surface area contributed by atoms with Gasteiger partial charge in [0.1, 0.15) is 26.4 Å². The standard InChI is InChI=1S/C66H36F4O12S3/c67-46-25-39-40(26-47(46)68)54(72)43(53(39)71)21-37-22-45-51(65(37,61(75)79-29-33-13-5-1-6-14-33)62(76)80-30-34-15-7-2-8-16-34)58-52(66(45,63(77)81-31-35-17-9-3-10-18-35)64(78)82-32-36-19-11-4-12-20-36)59-60(85-58)57-50(84-59)24-38(83-57)23-44-55(73)41-27-48(69)49(70)28-42(41)56(44)74/h1-28H,29-32H2. The van der Waals surface area contributed by atoms with E-state index in [1.165, 1.54) is 6.08 Å². The maximum Gasteiger partial charge on any atom is 0.333 e. The van der Waals surface area contributed by atoms with Crippen molar-refractivity contribution in [3.05, 3.63) is 269 Å². The second kappa shape index (κ2) is 21.1. The molecule has 6 aromatic carbocycles. The summed E-state index contributed by atoms with van der Waals surface area (Å²) in [5.41, 5.74) is -7.95. The van der Waals surface area contributed by atoms with E-state index in [9.17, 15) is 36.7 Å². The number of ketones is 4. The third-order valence-corrected chi connectivity index (χ3v) is 19.0. The van der Waals surface area contributed by atoms with Crippen LogP contribution in [0.2, 0.25) is 0 Å². The SMILES string of the molecule is O=C1C(=CC2=CC3=C(c4sc5c(sc6cc(C=C7C(=O)c8cc(F)c(F)cc8C7=O)sc65)c4C3(C(=O)OCc3ccccc3)C(=O)OCc3ccccc3)C2(C(=O)OCc2ccccc2)C(=O)OCc2ccccc2)C(=O)c2cc(F)c(F)cc21. The molecule has 0 amide bonds. The van der Waals surface area contributed by atoms with Crippen molar-refractivity contribution in [2.24, 2.45) is 5.41 Å². The number of rotatable bonds is 14. The average Bonchev–Trinajstić information content (AvgIpc) is 1.50. The summed E-state index contributed by atoms with van der Waals surface area (Å²) in [6, 6.07) is 37.8. The Morgan fingerprint density at radius 3 is 1.18 bits per heavy atom. The van der Waals surface area contributed by atoms with Crippen LogP contribution in [-0.4, -0.2) is 47.0 Å². The molecule has 12 nitrogen and oxygen atoms in total. The Kier molecular flexibility index (Phi) is 13.5. The van der Waals surface area contributed by atoms with Gasteiger partial charge < -0.3 is 18.9 Å². The summed E-state index contributed by atoms with van der Waals surface area (Å²) in [5.74, 6) is -14.6. The largest absolute Gasteiger partial charge is 0.459 e. The molecule has 0 bridgehead atoms. The molecule has 13 rings (SSSR count). The third-order valence-electron chi connectivity index (χ3n) is 15.1. The zero-order chi connectivity index (χ0) is 59.1. The van der Waals surface area contributed by atoms with Gasteiger partial charge in [-0.3, -0.25) is 38.4 Å². The van der Waals surface area contributed by atoms with Crippen LogP contribution in [-0.2, 0) is 70.0 Å². The zero-order valence-corrected chi connectivity index (χ0v) is 46.1. The number of Topliss-reactive ketones (excluding diaryl/α,β-unsaturated/α-hetero) is 4. The number of halogens is 4. The van der Waals surface area contributed by atoms with Crippen LogP contribution in [0.5, 0.6) is 0 Å². The van der Waals surface area contributed by atoms with Gasteiger partial charge in [0.2, 0.25) is 10.8 Å². The maximum atomic E-state index is 16.1. The second-order valence-electron chi connectivity index (χ2n) is 20.1. The van der Waals surface area contributed by atoms with Crippen molar-refractivity contribution in [1.29, 1.82) is 0 Å². The number of hydrogen-bond donors (Lipinski definition) is 0. The predicted molar refractivity (Wildman–Crippen MR) is 305 cm³/mol. The maximum absolute atomic E-state index is 16.1. The average molecular weight is 1190 g/mol. The fourth-order valence-electron chi connectivity index (χ4n) is 11.1. The van der Waals surface area contributed by atoms with E-state index in [4.69, 9.17) is 18.9 Å².